The lowest BCUT2D eigenvalue weighted by Gasteiger charge is -2.09. The van der Waals surface area contributed by atoms with Crippen LogP contribution in [0.3, 0.4) is 0 Å². The molecule has 0 radical (unpaired) electrons. The molecule has 0 saturated carbocycles. The zero-order chi connectivity index (χ0) is 15.6. The highest BCUT2D eigenvalue weighted by Gasteiger charge is 2.18. The van der Waals surface area contributed by atoms with Crippen LogP contribution in [0.2, 0.25) is 5.02 Å². The van der Waals surface area contributed by atoms with Crippen molar-refractivity contribution in [3.05, 3.63) is 34.6 Å². The van der Waals surface area contributed by atoms with E-state index in [2.05, 4.69) is 5.10 Å². The van der Waals surface area contributed by atoms with Crippen molar-refractivity contribution < 1.29 is 8.95 Å². The fourth-order valence-electron chi connectivity index (χ4n) is 2.05. The third-order valence-corrected chi connectivity index (χ3v) is 5.06. The van der Waals surface area contributed by atoms with Crippen LogP contribution in [0.1, 0.15) is 18.3 Å². The first kappa shape index (κ1) is 15.9. The number of hydrogen-bond acceptors (Lipinski definition) is 4. The van der Waals surface area contributed by atoms with Crippen LogP contribution in [-0.4, -0.2) is 21.1 Å². The fraction of sp³-hybridized carbons (Fsp3) is 0.357. The second kappa shape index (κ2) is 6.49. The summed E-state index contributed by atoms with van der Waals surface area (Å²) in [5.74, 6) is 0.893. The molecule has 2 aromatic rings. The molecule has 0 aliphatic carbocycles. The average Bonchev–Trinajstić information content (AvgIpc) is 2.75. The minimum absolute atomic E-state index is 0.269. The molecule has 5 nitrogen and oxygen atoms in total. The van der Waals surface area contributed by atoms with Crippen molar-refractivity contribution in [2.24, 2.45) is 0 Å². The average molecular weight is 328 g/mol. The second-order valence-electron chi connectivity index (χ2n) is 4.56. The van der Waals surface area contributed by atoms with Gasteiger partial charge >= 0.3 is 0 Å². The minimum Gasteiger partial charge on any atom is -0.497 e. The summed E-state index contributed by atoms with van der Waals surface area (Å²) in [5, 5.41) is 4.89. The first-order valence-electron chi connectivity index (χ1n) is 6.51. The number of rotatable bonds is 5. The van der Waals surface area contributed by atoms with Crippen molar-refractivity contribution in [1.82, 2.24) is 9.78 Å². The van der Waals surface area contributed by atoms with Gasteiger partial charge in [-0.05, 0) is 32.0 Å². The van der Waals surface area contributed by atoms with E-state index in [1.54, 1.807) is 30.0 Å². The van der Waals surface area contributed by atoms with Crippen LogP contribution in [0.5, 0.6) is 5.75 Å². The van der Waals surface area contributed by atoms with Crippen LogP contribution < -0.4 is 10.5 Å². The van der Waals surface area contributed by atoms with Crippen molar-refractivity contribution in [1.29, 1.82) is 0 Å². The van der Waals surface area contributed by atoms with Gasteiger partial charge in [-0.15, -0.1) is 0 Å². The molecule has 0 aliphatic rings. The lowest BCUT2D eigenvalue weighted by Crippen LogP contribution is -2.08. The Hall–Kier alpha value is -1.53. The predicted octanol–water partition coefficient (Wildman–Crippen LogP) is 2.76. The first-order valence-corrected chi connectivity index (χ1v) is 8.21. The highest BCUT2D eigenvalue weighted by atomic mass is 35.5. The van der Waals surface area contributed by atoms with E-state index < -0.39 is 10.8 Å². The maximum atomic E-state index is 12.6. The Kier molecular flexibility index (Phi) is 4.90. The molecule has 1 unspecified atom stereocenters. The maximum absolute atomic E-state index is 12.6. The van der Waals surface area contributed by atoms with Gasteiger partial charge in [0.05, 0.1) is 45.0 Å². The van der Waals surface area contributed by atoms with Gasteiger partial charge in [0.25, 0.3) is 0 Å². The van der Waals surface area contributed by atoms with Crippen LogP contribution in [0.4, 0.5) is 5.69 Å². The van der Waals surface area contributed by atoms with Gasteiger partial charge in [0.15, 0.2) is 0 Å². The van der Waals surface area contributed by atoms with Gasteiger partial charge in [-0.1, -0.05) is 11.6 Å². The molecular formula is C14H18ClN3O2S. The Labute approximate surface area is 131 Å². The Balaban J connectivity index is 2.34. The predicted molar refractivity (Wildman–Crippen MR) is 85.2 cm³/mol. The fourth-order valence-corrected chi connectivity index (χ4v) is 3.60. The number of nitrogens with zero attached hydrogens (tertiary/aromatic N) is 2. The third kappa shape index (κ3) is 3.22. The van der Waals surface area contributed by atoms with Crippen LogP contribution in [-0.2, 0) is 23.1 Å². The highest BCUT2D eigenvalue weighted by Crippen LogP contribution is 2.27. The van der Waals surface area contributed by atoms with Crippen molar-refractivity contribution in [3.63, 3.8) is 0 Å². The minimum atomic E-state index is -1.32. The van der Waals surface area contributed by atoms with Gasteiger partial charge in [0, 0.05) is 12.2 Å². The van der Waals surface area contributed by atoms with E-state index in [0.717, 1.165) is 11.4 Å². The molecule has 21 heavy (non-hydrogen) atoms. The second-order valence-corrected chi connectivity index (χ2v) is 6.35. The number of nitrogen functional groups attached to an aromatic ring is 1. The number of aryl methyl sites for hydroxylation is 2. The summed E-state index contributed by atoms with van der Waals surface area (Å²) in [7, 11) is 0.243. The molecule has 0 spiro atoms. The van der Waals surface area contributed by atoms with E-state index in [-0.39, 0.29) is 5.75 Å². The molecule has 0 bridgehead atoms. The zero-order valence-corrected chi connectivity index (χ0v) is 13.8. The SMILES string of the molecule is CCn1nc(C)c(Cl)c1CS(=O)c1cc(OC)ccc1N. The van der Waals surface area contributed by atoms with Crippen molar-refractivity contribution in [2.45, 2.75) is 31.0 Å². The molecule has 0 aliphatic heterocycles. The molecule has 1 atom stereocenters. The van der Waals surface area contributed by atoms with Gasteiger partial charge in [-0.3, -0.25) is 8.89 Å². The normalized spacial score (nSPS) is 12.4. The Morgan fingerprint density at radius 1 is 1.48 bits per heavy atom. The largest absolute Gasteiger partial charge is 0.497 e. The van der Waals surface area contributed by atoms with Crippen LogP contribution in [0.15, 0.2) is 23.1 Å². The summed E-state index contributed by atoms with van der Waals surface area (Å²) in [6.45, 7) is 4.48. The highest BCUT2D eigenvalue weighted by molar-refractivity contribution is 7.84. The molecule has 1 heterocycles. The summed E-state index contributed by atoms with van der Waals surface area (Å²) < 4.78 is 19.5. The lowest BCUT2D eigenvalue weighted by molar-refractivity contribution is 0.413. The number of benzene rings is 1. The number of nitrogens with two attached hydrogens (primary N) is 1. The summed E-state index contributed by atoms with van der Waals surface area (Å²) in [6, 6.07) is 5.12. The van der Waals surface area contributed by atoms with E-state index in [0.29, 0.717) is 27.9 Å². The van der Waals surface area contributed by atoms with E-state index in [1.165, 1.54) is 0 Å². The van der Waals surface area contributed by atoms with Gasteiger partial charge in [-0.2, -0.15) is 5.10 Å². The summed E-state index contributed by atoms with van der Waals surface area (Å²) >= 11 is 6.25. The summed E-state index contributed by atoms with van der Waals surface area (Å²) in [4.78, 5) is 0.548. The number of aromatic nitrogens is 2. The van der Waals surface area contributed by atoms with Gasteiger partial charge in [-0.25, -0.2) is 0 Å². The van der Waals surface area contributed by atoms with Gasteiger partial charge < -0.3 is 10.5 Å². The number of hydrogen-bond donors (Lipinski definition) is 1. The van der Waals surface area contributed by atoms with E-state index >= 15 is 0 Å². The Morgan fingerprint density at radius 2 is 2.19 bits per heavy atom. The monoisotopic (exact) mass is 327 g/mol. The van der Waals surface area contributed by atoms with E-state index in [1.807, 2.05) is 13.8 Å². The molecule has 7 heteroatoms. The Morgan fingerprint density at radius 3 is 2.81 bits per heavy atom. The van der Waals surface area contributed by atoms with Crippen LogP contribution >= 0.6 is 11.6 Å². The summed E-state index contributed by atoms with van der Waals surface area (Å²) in [6.07, 6.45) is 0. The standard InChI is InChI=1S/C14H18ClN3O2S/c1-4-18-12(14(15)9(2)17-18)8-21(19)13-7-10(20-3)5-6-11(13)16/h5-7H,4,8,16H2,1-3H3. The number of ether oxygens (including phenoxy) is 1. The molecule has 0 fully saturated rings. The number of anilines is 1. The zero-order valence-electron chi connectivity index (χ0n) is 12.2. The molecular weight excluding hydrogens is 310 g/mol. The van der Waals surface area contributed by atoms with E-state index in [9.17, 15) is 4.21 Å². The first-order chi connectivity index (χ1) is 9.97. The topological polar surface area (TPSA) is 70.1 Å². The van der Waals surface area contributed by atoms with Crippen molar-refractivity contribution in [3.8, 4) is 5.75 Å². The molecule has 0 amide bonds. The van der Waals surface area contributed by atoms with Crippen LogP contribution in [0.25, 0.3) is 0 Å². The van der Waals surface area contributed by atoms with Crippen molar-refractivity contribution >= 4 is 28.1 Å². The maximum Gasteiger partial charge on any atom is 0.120 e. The van der Waals surface area contributed by atoms with Gasteiger partial charge in [0.2, 0.25) is 0 Å². The molecule has 2 rings (SSSR count). The van der Waals surface area contributed by atoms with Gasteiger partial charge in [0.1, 0.15) is 5.75 Å². The summed E-state index contributed by atoms with van der Waals surface area (Å²) in [5.41, 5.74) is 7.89. The molecule has 114 valence electrons. The smallest absolute Gasteiger partial charge is 0.120 e. The number of methoxy groups -OCH3 is 1. The Bertz CT molecular complexity index is 685. The molecule has 0 saturated heterocycles. The lowest BCUT2D eigenvalue weighted by atomic mass is 10.3. The molecule has 1 aromatic heterocycles. The van der Waals surface area contributed by atoms with Crippen molar-refractivity contribution in [2.75, 3.05) is 12.8 Å². The van der Waals surface area contributed by atoms with Crippen LogP contribution in [0, 0.1) is 6.92 Å². The molecule has 2 N–H and O–H groups in total. The van der Waals surface area contributed by atoms with E-state index in [4.69, 9.17) is 22.1 Å². The molecule has 1 aromatic carbocycles. The number of halogens is 1. The quantitative estimate of drug-likeness (QED) is 0.857. The third-order valence-electron chi connectivity index (χ3n) is 3.19.